The van der Waals surface area contributed by atoms with E-state index in [0.29, 0.717) is 0 Å². The molecule has 2 heterocycles. The predicted molar refractivity (Wildman–Crippen MR) is 80.0 cm³/mol. The Morgan fingerprint density at radius 1 is 1.20 bits per heavy atom. The highest BCUT2D eigenvalue weighted by atomic mass is 15.4. The predicted octanol–water partition coefficient (Wildman–Crippen LogP) is 2.21. The lowest BCUT2D eigenvalue weighted by Crippen LogP contribution is -2.13. The Labute approximate surface area is 120 Å². The highest BCUT2D eigenvalue weighted by Gasteiger charge is 2.12. The van der Waals surface area contributed by atoms with E-state index in [-0.39, 0.29) is 0 Å². The van der Waals surface area contributed by atoms with Crippen LogP contribution in [-0.4, -0.2) is 26.3 Å². The Bertz CT molecular complexity index is 574. The molecule has 2 aromatic rings. The SMILES string of the molecule is CCNCc1cnc(-n2nc(CC)nc2CC)c(C)c1. The van der Waals surface area contributed by atoms with Crippen molar-refractivity contribution in [1.29, 1.82) is 0 Å². The number of nitrogens with one attached hydrogen (secondary N) is 1. The molecule has 0 aliphatic heterocycles. The number of aryl methyl sites for hydroxylation is 3. The first kappa shape index (κ1) is 14.7. The van der Waals surface area contributed by atoms with Gasteiger partial charge in [-0.1, -0.05) is 20.8 Å². The van der Waals surface area contributed by atoms with Gasteiger partial charge in [0.25, 0.3) is 0 Å². The molecular formula is C15H23N5. The third-order valence-electron chi connectivity index (χ3n) is 3.24. The topological polar surface area (TPSA) is 55.6 Å². The van der Waals surface area contributed by atoms with Gasteiger partial charge in [0.15, 0.2) is 11.6 Å². The molecule has 0 aromatic carbocycles. The molecule has 5 nitrogen and oxygen atoms in total. The van der Waals surface area contributed by atoms with Crippen molar-refractivity contribution in [3.63, 3.8) is 0 Å². The van der Waals surface area contributed by atoms with Crippen LogP contribution < -0.4 is 5.32 Å². The summed E-state index contributed by atoms with van der Waals surface area (Å²) in [7, 11) is 0. The second kappa shape index (κ2) is 6.61. The second-order valence-corrected chi connectivity index (χ2v) is 4.83. The summed E-state index contributed by atoms with van der Waals surface area (Å²) in [5.41, 5.74) is 2.32. The van der Waals surface area contributed by atoms with Crippen molar-refractivity contribution in [2.45, 2.75) is 47.1 Å². The molecule has 0 aliphatic carbocycles. The molecular weight excluding hydrogens is 250 g/mol. The van der Waals surface area contributed by atoms with E-state index in [1.165, 1.54) is 5.56 Å². The van der Waals surface area contributed by atoms with Crippen molar-refractivity contribution in [3.8, 4) is 5.82 Å². The van der Waals surface area contributed by atoms with Gasteiger partial charge in [-0.2, -0.15) is 4.68 Å². The van der Waals surface area contributed by atoms with Crippen molar-refractivity contribution >= 4 is 0 Å². The van der Waals surface area contributed by atoms with Gasteiger partial charge >= 0.3 is 0 Å². The van der Waals surface area contributed by atoms with Crippen molar-refractivity contribution in [2.75, 3.05) is 6.54 Å². The molecule has 0 saturated heterocycles. The van der Waals surface area contributed by atoms with Gasteiger partial charge in [-0.25, -0.2) is 9.97 Å². The minimum absolute atomic E-state index is 0.845. The van der Waals surface area contributed by atoms with E-state index < -0.39 is 0 Å². The monoisotopic (exact) mass is 273 g/mol. The summed E-state index contributed by atoms with van der Waals surface area (Å²) in [5, 5.41) is 7.86. The number of aromatic nitrogens is 4. The molecule has 0 radical (unpaired) electrons. The highest BCUT2D eigenvalue weighted by molar-refractivity contribution is 5.35. The average Bonchev–Trinajstić information content (AvgIpc) is 2.88. The standard InChI is InChI=1S/C15H23N5/c1-5-13-18-14(6-2)20(19-13)15-11(4)8-12(10-17-15)9-16-7-3/h8,10,16H,5-7,9H2,1-4H3. The zero-order valence-electron chi connectivity index (χ0n) is 12.8. The van der Waals surface area contributed by atoms with Crippen molar-refractivity contribution in [1.82, 2.24) is 25.1 Å². The molecule has 0 spiro atoms. The van der Waals surface area contributed by atoms with Crippen LogP contribution in [0.5, 0.6) is 0 Å². The Morgan fingerprint density at radius 3 is 2.60 bits per heavy atom. The van der Waals surface area contributed by atoms with Gasteiger partial charge < -0.3 is 5.32 Å². The molecule has 108 valence electrons. The maximum absolute atomic E-state index is 4.58. The minimum atomic E-state index is 0.845. The molecule has 2 rings (SSSR count). The molecule has 20 heavy (non-hydrogen) atoms. The van der Waals surface area contributed by atoms with E-state index >= 15 is 0 Å². The molecule has 0 bridgehead atoms. The van der Waals surface area contributed by atoms with Crippen molar-refractivity contribution in [3.05, 3.63) is 35.0 Å². The fourth-order valence-corrected chi connectivity index (χ4v) is 2.15. The summed E-state index contributed by atoms with van der Waals surface area (Å²) < 4.78 is 1.88. The van der Waals surface area contributed by atoms with Gasteiger partial charge in [0.1, 0.15) is 5.82 Å². The first-order valence-corrected chi connectivity index (χ1v) is 7.30. The van der Waals surface area contributed by atoms with Gasteiger partial charge in [-0.15, -0.1) is 5.10 Å². The molecule has 0 fully saturated rings. The van der Waals surface area contributed by atoms with Crippen LogP contribution in [0.4, 0.5) is 0 Å². The van der Waals surface area contributed by atoms with Crippen LogP contribution in [0.1, 0.15) is 43.5 Å². The molecule has 0 atom stereocenters. The molecule has 0 aliphatic rings. The van der Waals surface area contributed by atoms with Crippen LogP contribution in [0.15, 0.2) is 12.3 Å². The summed E-state index contributed by atoms with van der Waals surface area (Å²) in [4.78, 5) is 9.11. The normalized spacial score (nSPS) is 11.0. The number of rotatable bonds is 6. The third kappa shape index (κ3) is 3.04. The third-order valence-corrected chi connectivity index (χ3v) is 3.24. The highest BCUT2D eigenvalue weighted by Crippen LogP contribution is 2.14. The fraction of sp³-hybridized carbons (Fsp3) is 0.533. The van der Waals surface area contributed by atoms with Gasteiger partial charge in [-0.3, -0.25) is 0 Å². The maximum atomic E-state index is 4.58. The van der Waals surface area contributed by atoms with Crippen LogP contribution in [0, 0.1) is 6.92 Å². The first-order valence-electron chi connectivity index (χ1n) is 7.30. The summed E-state index contributed by atoms with van der Waals surface area (Å²) in [6.07, 6.45) is 3.61. The molecule has 0 saturated carbocycles. The Balaban J connectivity index is 2.35. The molecule has 0 amide bonds. The number of hydrogen-bond donors (Lipinski definition) is 1. The van der Waals surface area contributed by atoms with E-state index in [1.807, 2.05) is 10.9 Å². The molecule has 5 heteroatoms. The number of nitrogens with zero attached hydrogens (tertiary/aromatic N) is 4. The smallest absolute Gasteiger partial charge is 0.158 e. The molecule has 1 N–H and O–H groups in total. The Morgan fingerprint density at radius 2 is 2.00 bits per heavy atom. The summed E-state index contributed by atoms with van der Waals surface area (Å²) >= 11 is 0. The molecule has 0 unspecified atom stereocenters. The minimum Gasteiger partial charge on any atom is -0.313 e. The zero-order chi connectivity index (χ0) is 14.5. The Hall–Kier alpha value is -1.75. The Kier molecular flexibility index (Phi) is 4.84. The molecule has 2 aromatic heterocycles. The first-order chi connectivity index (χ1) is 9.69. The largest absolute Gasteiger partial charge is 0.313 e. The van der Waals surface area contributed by atoms with Gasteiger partial charge in [0.2, 0.25) is 0 Å². The lowest BCUT2D eigenvalue weighted by atomic mass is 10.2. The number of pyridine rings is 1. The van der Waals surface area contributed by atoms with Crippen LogP contribution >= 0.6 is 0 Å². The summed E-state index contributed by atoms with van der Waals surface area (Å²) in [6.45, 7) is 10.1. The van der Waals surface area contributed by atoms with E-state index in [1.54, 1.807) is 0 Å². The summed E-state index contributed by atoms with van der Waals surface area (Å²) in [5.74, 6) is 2.73. The van der Waals surface area contributed by atoms with Gasteiger partial charge in [0, 0.05) is 25.6 Å². The lowest BCUT2D eigenvalue weighted by Gasteiger charge is -2.09. The number of hydrogen-bond acceptors (Lipinski definition) is 4. The van der Waals surface area contributed by atoms with E-state index in [0.717, 1.165) is 49.0 Å². The summed E-state index contributed by atoms with van der Waals surface area (Å²) in [6, 6.07) is 2.16. The zero-order valence-corrected chi connectivity index (χ0v) is 12.8. The quantitative estimate of drug-likeness (QED) is 0.876. The van der Waals surface area contributed by atoms with E-state index in [2.05, 4.69) is 54.1 Å². The van der Waals surface area contributed by atoms with Crippen LogP contribution in [0.25, 0.3) is 5.82 Å². The van der Waals surface area contributed by atoms with Crippen molar-refractivity contribution < 1.29 is 0 Å². The maximum Gasteiger partial charge on any atom is 0.158 e. The average molecular weight is 273 g/mol. The van der Waals surface area contributed by atoms with Crippen molar-refractivity contribution in [2.24, 2.45) is 0 Å². The van der Waals surface area contributed by atoms with Crippen LogP contribution in [0.2, 0.25) is 0 Å². The van der Waals surface area contributed by atoms with E-state index in [4.69, 9.17) is 0 Å². The van der Waals surface area contributed by atoms with E-state index in [9.17, 15) is 0 Å². The second-order valence-electron chi connectivity index (χ2n) is 4.83. The van der Waals surface area contributed by atoms with Gasteiger partial charge in [-0.05, 0) is 30.7 Å². The van der Waals surface area contributed by atoms with Gasteiger partial charge in [0.05, 0.1) is 0 Å². The fourth-order valence-electron chi connectivity index (χ4n) is 2.15. The lowest BCUT2D eigenvalue weighted by molar-refractivity contribution is 0.718. The van der Waals surface area contributed by atoms with Crippen LogP contribution in [0.3, 0.4) is 0 Å². The van der Waals surface area contributed by atoms with Crippen LogP contribution in [-0.2, 0) is 19.4 Å².